The maximum Gasteiger partial charge on any atom is 0.358 e. The number of hydrogen-bond donors (Lipinski definition) is 0. The van der Waals surface area contributed by atoms with Crippen molar-refractivity contribution in [1.82, 2.24) is 4.98 Å². The van der Waals surface area contributed by atoms with Crippen LogP contribution in [0.25, 0.3) is 0 Å². The Morgan fingerprint density at radius 2 is 2.17 bits per heavy atom. The standard InChI is InChI=1S/C12H15NO4S/c1-6-4-5-8(17-6)11-13-9(12(15)16-3)10(18-11)7(2)14/h6,8H,4-5H2,1-3H3. The van der Waals surface area contributed by atoms with Crippen LogP contribution >= 0.6 is 11.3 Å². The highest BCUT2D eigenvalue weighted by Gasteiger charge is 2.30. The first-order valence-electron chi connectivity index (χ1n) is 5.78. The van der Waals surface area contributed by atoms with Crippen molar-refractivity contribution in [2.45, 2.75) is 38.9 Å². The maximum absolute atomic E-state index is 11.6. The molecule has 0 bridgehead atoms. The molecule has 18 heavy (non-hydrogen) atoms. The number of Topliss-reactive ketones (excluding diaryl/α,β-unsaturated/α-hetero) is 1. The van der Waals surface area contributed by atoms with Gasteiger partial charge in [0.1, 0.15) is 16.0 Å². The number of thiazole rings is 1. The van der Waals surface area contributed by atoms with E-state index in [1.54, 1.807) is 0 Å². The van der Waals surface area contributed by atoms with Gasteiger partial charge in [-0.15, -0.1) is 11.3 Å². The van der Waals surface area contributed by atoms with Crippen molar-refractivity contribution >= 4 is 23.1 Å². The predicted octanol–water partition coefficient (Wildman–Crippen LogP) is 2.37. The Balaban J connectivity index is 2.33. The normalized spacial score (nSPS) is 23.1. The molecule has 2 rings (SSSR count). The molecule has 0 aliphatic carbocycles. The molecule has 1 saturated heterocycles. The predicted molar refractivity (Wildman–Crippen MR) is 66.0 cm³/mol. The Hall–Kier alpha value is -1.27. The first-order valence-corrected chi connectivity index (χ1v) is 6.60. The van der Waals surface area contributed by atoms with Crippen LogP contribution in [0.5, 0.6) is 0 Å². The zero-order valence-electron chi connectivity index (χ0n) is 10.6. The molecule has 2 atom stereocenters. The number of ether oxygens (including phenoxy) is 2. The largest absolute Gasteiger partial charge is 0.464 e. The molecule has 0 N–H and O–H groups in total. The molecule has 5 nitrogen and oxygen atoms in total. The minimum atomic E-state index is -0.575. The second-order valence-corrected chi connectivity index (χ2v) is 5.32. The van der Waals surface area contributed by atoms with Gasteiger partial charge < -0.3 is 9.47 Å². The fraction of sp³-hybridized carbons (Fsp3) is 0.583. The minimum absolute atomic E-state index is 0.105. The lowest BCUT2D eigenvalue weighted by Gasteiger charge is -2.06. The summed E-state index contributed by atoms with van der Waals surface area (Å²) in [6, 6.07) is 0. The molecule has 1 aromatic rings. The molecule has 0 radical (unpaired) electrons. The number of carbonyl (C=O) groups is 2. The Morgan fingerprint density at radius 3 is 2.67 bits per heavy atom. The fourth-order valence-electron chi connectivity index (χ4n) is 1.93. The van der Waals surface area contributed by atoms with Gasteiger partial charge in [0.05, 0.1) is 13.2 Å². The number of ketones is 1. The summed E-state index contributed by atoms with van der Waals surface area (Å²) in [6.45, 7) is 3.42. The second-order valence-electron chi connectivity index (χ2n) is 4.29. The SMILES string of the molecule is COC(=O)c1nc(C2CCC(C)O2)sc1C(C)=O. The molecule has 0 spiro atoms. The van der Waals surface area contributed by atoms with Crippen LogP contribution in [-0.4, -0.2) is 30.0 Å². The molecule has 2 heterocycles. The van der Waals surface area contributed by atoms with Gasteiger partial charge in [0.25, 0.3) is 0 Å². The zero-order valence-corrected chi connectivity index (χ0v) is 11.4. The molecule has 0 aromatic carbocycles. The summed E-state index contributed by atoms with van der Waals surface area (Å²) < 4.78 is 10.3. The molecule has 0 amide bonds. The van der Waals surface area contributed by atoms with E-state index in [0.29, 0.717) is 9.88 Å². The zero-order chi connectivity index (χ0) is 13.3. The third-order valence-electron chi connectivity index (χ3n) is 2.85. The number of methoxy groups -OCH3 is 1. The average molecular weight is 269 g/mol. The van der Waals surface area contributed by atoms with E-state index in [1.165, 1.54) is 25.4 Å². The Labute approximate surface area is 109 Å². The molecular weight excluding hydrogens is 254 g/mol. The Bertz CT molecular complexity index is 482. The summed E-state index contributed by atoms with van der Waals surface area (Å²) in [5.74, 6) is -0.751. The number of aromatic nitrogens is 1. The van der Waals surface area contributed by atoms with E-state index >= 15 is 0 Å². The second kappa shape index (κ2) is 5.16. The van der Waals surface area contributed by atoms with Gasteiger partial charge in [-0.1, -0.05) is 0 Å². The molecule has 1 aliphatic rings. The van der Waals surface area contributed by atoms with Crippen LogP contribution in [0.2, 0.25) is 0 Å². The minimum Gasteiger partial charge on any atom is -0.464 e. The molecular formula is C12H15NO4S. The lowest BCUT2D eigenvalue weighted by Crippen LogP contribution is -2.07. The van der Waals surface area contributed by atoms with Crippen LogP contribution in [-0.2, 0) is 9.47 Å². The van der Waals surface area contributed by atoms with Crippen molar-refractivity contribution in [3.05, 3.63) is 15.6 Å². The Morgan fingerprint density at radius 1 is 1.44 bits per heavy atom. The highest BCUT2D eigenvalue weighted by molar-refractivity contribution is 7.14. The fourth-order valence-corrected chi connectivity index (χ4v) is 2.95. The highest BCUT2D eigenvalue weighted by atomic mass is 32.1. The van der Waals surface area contributed by atoms with E-state index in [-0.39, 0.29) is 23.7 Å². The van der Waals surface area contributed by atoms with Crippen LogP contribution in [0.1, 0.15) is 58.0 Å². The first-order chi connectivity index (χ1) is 8.52. The molecule has 6 heteroatoms. The van der Waals surface area contributed by atoms with Gasteiger partial charge in [-0.05, 0) is 19.8 Å². The van der Waals surface area contributed by atoms with Crippen molar-refractivity contribution in [2.75, 3.05) is 7.11 Å². The van der Waals surface area contributed by atoms with Crippen LogP contribution in [0.15, 0.2) is 0 Å². The summed E-state index contributed by atoms with van der Waals surface area (Å²) >= 11 is 1.22. The average Bonchev–Trinajstić information content (AvgIpc) is 2.93. The lowest BCUT2D eigenvalue weighted by atomic mass is 10.2. The summed E-state index contributed by atoms with van der Waals surface area (Å²) in [5.41, 5.74) is 0.105. The van der Waals surface area contributed by atoms with Crippen molar-refractivity contribution in [3.8, 4) is 0 Å². The van der Waals surface area contributed by atoms with E-state index in [2.05, 4.69) is 9.72 Å². The van der Waals surface area contributed by atoms with E-state index < -0.39 is 5.97 Å². The van der Waals surface area contributed by atoms with Crippen molar-refractivity contribution in [2.24, 2.45) is 0 Å². The van der Waals surface area contributed by atoms with Crippen molar-refractivity contribution in [3.63, 3.8) is 0 Å². The van der Waals surface area contributed by atoms with Gasteiger partial charge in [0, 0.05) is 6.92 Å². The van der Waals surface area contributed by atoms with Gasteiger partial charge >= 0.3 is 5.97 Å². The number of nitrogens with zero attached hydrogens (tertiary/aromatic N) is 1. The van der Waals surface area contributed by atoms with Gasteiger partial charge in [0.2, 0.25) is 0 Å². The smallest absolute Gasteiger partial charge is 0.358 e. The van der Waals surface area contributed by atoms with Gasteiger partial charge in [-0.3, -0.25) is 4.79 Å². The summed E-state index contributed by atoms with van der Waals surface area (Å²) in [5, 5.41) is 0.685. The van der Waals surface area contributed by atoms with Crippen LogP contribution in [0.3, 0.4) is 0 Å². The number of carbonyl (C=O) groups excluding carboxylic acids is 2. The maximum atomic E-state index is 11.6. The summed E-state index contributed by atoms with van der Waals surface area (Å²) in [7, 11) is 1.28. The third kappa shape index (κ3) is 2.44. The van der Waals surface area contributed by atoms with Gasteiger partial charge in [-0.2, -0.15) is 0 Å². The topological polar surface area (TPSA) is 65.5 Å². The van der Waals surface area contributed by atoms with E-state index in [4.69, 9.17) is 4.74 Å². The molecule has 1 fully saturated rings. The third-order valence-corrected chi connectivity index (χ3v) is 4.10. The van der Waals surface area contributed by atoms with E-state index in [0.717, 1.165) is 12.8 Å². The lowest BCUT2D eigenvalue weighted by molar-refractivity contribution is 0.0542. The molecule has 1 aliphatic heterocycles. The molecule has 0 saturated carbocycles. The van der Waals surface area contributed by atoms with Crippen molar-refractivity contribution in [1.29, 1.82) is 0 Å². The highest BCUT2D eigenvalue weighted by Crippen LogP contribution is 2.36. The van der Waals surface area contributed by atoms with Crippen molar-refractivity contribution < 1.29 is 19.1 Å². The van der Waals surface area contributed by atoms with E-state index in [1.807, 2.05) is 6.92 Å². The number of esters is 1. The summed E-state index contributed by atoms with van der Waals surface area (Å²) in [6.07, 6.45) is 1.92. The monoisotopic (exact) mass is 269 g/mol. The number of hydrogen-bond acceptors (Lipinski definition) is 6. The first kappa shape index (κ1) is 13.2. The van der Waals surface area contributed by atoms with Crippen LogP contribution in [0, 0.1) is 0 Å². The van der Waals surface area contributed by atoms with Gasteiger partial charge in [0.15, 0.2) is 11.5 Å². The van der Waals surface area contributed by atoms with Gasteiger partial charge in [-0.25, -0.2) is 9.78 Å². The summed E-state index contributed by atoms with van der Waals surface area (Å²) in [4.78, 5) is 27.6. The van der Waals surface area contributed by atoms with Crippen LogP contribution < -0.4 is 0 Å². The Kier molecular flexibility index (Phi) is 3.77. The number of rotatable bonds is 3. The molecule has 1 aromatic heterocycles. The quantitative estimate of drug-likeness (QED) is 0.622. The molecule has 2 unspecified atom stereocenters. The van der Waals surface area contributed by atoms with E-state index in [9.17, 15) is 9.59 Å². The molecule has 98 valence electrons. The van der Waals surface area contributed by atoms with Crippen LogP contribution in [0.4, 0.5) is 0 Å².